The highest BCUT2D eigenvalue weighted by molar-refractivity contribution is 5.26. The Kier molecular flexibility index (Phi) is 4.73. The van der Waals surface area contributed by atoms with Gasteiger partial charge < -0.3 is 4.90 Å². The van der Waals surface area contributed by atoms with Gasteiger partial charge in [-0.2, -0.15) is 0 Å². The Morgan fingerprint density at radius 3 is 2.40 bits per heavy atom. The first kappa shape index (κ1) is 15.4. The van der Waals surface area contributed by atoms with Crippen LogP contribution in [0.4, 0.5) is 8.78 Å². The number of likely N-dealkylation sites (N-methyl/N-ethyl adjacent to an activating group) is 1. The van der Waals surface area contributed by atoms with Crippen molar-refractivity contribution in [3.05, 3.63) is 35.4 Å². The van der Waals surface area contributed by atoms with Crippen molar-refractivity contribution in [1.82, 2.24) is 10.3 Å². The third-order valence-corrected chi connectivity index (χ3v) is 4.58. The fraction of sp³-hybridized carbons (Fsp3) is 0.600. The average Bonchev–Trinajstić information content (AvgIpc) is 2.44. The number of nitrogens with two attached hydrogens (primary N) is 1. The molecule has 1 aliphatic carbocycles. The molecule has 1 atom stereocenters. The minimum Gasteiger partial charge on any atom is -0.302 e. The zero-order valence-corrected chi connectivity index (χ0v) is 12.1. The maximum atomic E-state index is 14.1. The minimum atomic E-state index is -0.439. The summed E-state index contributed by atoms with van der Waals surface area (Å²) in [6.07, 6.45) is 5.18. The molecule has 1 aliphatic rings. The highest BCUT2D eigenvalue weighted by Crippen LogP contribution is 2.42. The van der Waals surface area contributed by atoms with Crippen molar-refractivity contribution in [2.45, 2.75) is 43.7 Å². The summed E-state index contributed by atoms with van der Waals surface area (Å²) < 4.78 is 27.6. The van der Waals surface area contributed by atoms with E-state index in [4.69, 9.17) is 5.84 Å². The predicted octanol–water partition coefficient (Wildman–Crippen LogP) is 2.73. The van der Waals surface area contributed by atoms with Gasteiger partial charge in [0.1, 0.15) is 11.6 Å². The van der Waals surface area contributed by atoms with E-state index in [9.17, 15) is 8.78 Å². The highest BCUT2D eigenvalue weighted by Gasteiger charge is 2.43. The first-order chi connectivity index (χ1) is 9.51. The summed E-state index contributed by atoms with van der Waals surface area (Å²) in [5, 5.41) is 0. The monoisotopic (exact) mass is 283 g/mol. The van der Waals surface area contributed by atoms with E-state index >= 15 is 0 Å². The molecule has 5 heteroatoms. The zero-order chi connectivity index (χ0) is 14.8. The normalized spacial score (nSPS) is 20.1. The molecule has 0 spiro atoms. The van der Waals surface area contributed by atoms with Gasteiger partial charge in [0, 0.05) is 11.1 Å². The second-order valence-corrected chi connectivity index (χ2v) is 5.82. The molecule has 1 fully saturated rings. The molecule has 0 saturated heterocycles. The van der Waals surface area contributed by atoms with Crippen LogP contribution in [0.3, 0.4) is 0 Å². The lowest BCUT2D eigenvalue weighted by molar-refractivity contribution is 0.0549. The van der Waals surface area contributed by atoms with Crippen molar-refractivity contribution in [2.75, 3.05) is 14.1 Å². The topological polar surface area (TPSA) is 41.3 Å². The summed E-state index contributed by atoms with van der Waals surface area (Å²) in [5.41, 5.74) is 2.76. The summed E-state index contributed by atoms with van der Waals surface area (Å²) >= 11 is 0. The van der Waals surface area contributed by atoms with Gasteiger partial charge >= 0.3 is 0 Å². The van der Waals surface area contributed by atoms with Crippen LogP contribution in [0.2, 0.25) is 0 Å². The molecule has 2 rings (SSSR count). The fourth-order valence-electron chi connectivity index (χ4n) is 3.43. The smallest absolute Gasteiger partial charge is 0.128 e. The molecule has 1 aromatic carbocycles. The highest BCUT2D eigenvalue weighted by atomic mass is 19.1. The van der Waals surface area contributed by atoms with Crippen molar-refractivity contribution in [2.24, 2.45) is 5.84 Å². The minimum absolute atomic E-state index is 0.276. The fourth-order valence-corrected chi connectivity index (χ4v) is 3.43. The number of hydrogen-bond donors (Lipinski definition) is 2. The van der Waals surface area contributed by atoms with Crippen LogP contribution < -0.4 is 11.3 Å². The van der Waals surface area contributed by atoms with E-state index in [-0.39, 0.29) is 5.54 Å². The van der Waals surface area contributed by atoms with E-state index in [0.717, 1.165) is 31.7 Å². The SMILES string of the molecule is CN(C)C1(C(NN)c2cc(F)ccc2F)CCCCC1. The molecule has 0 aliphatic heterocycles. The van der Waals surface area contributed by atoms with E-state index in [1.54, 1.807) is 0 Å². The average molecular weight is 283 g/mol. The van der Waals surface area contributed by atoms with Crippen LogP contribution in [0.1, 0.15) is 43.7 Å². The van der Waals surface area contributed by atoms with Gasteiger partial charge in [0.25, 0.3) is 0 Å². The molecule has 0 bridgehead atoms. The van der Waals surface area contributed by atoms with E-state index in [2.05, 4.69) is 10.3 Å². The Morgan fingerprint density at radius 1 is 1.20 bits per heavy atom. The first-order valence-electron chi connectivity index (χ1n) is 7.10. The maximum Gasteiger partial charge on any atom is 0.128 e. The molecule has 0 aromatic heterocycles. The van der Waals surface area contributed by atoms with Crippen LogP contribution in [-0.2, 0) is 0 Å². The van der Waals surface area contributed by atoms with Gasteiger partial charge in [-0.1, -0.05) is 19.3 Å². The zero-order valence-electron chi connectivity index (χ0n) is 12.1. The number of hydrogen-bond acceptors (Lipinski definition) is 3. The van der Waals surface area contributed by atoms with Crippen LogP contribution in [-0.4, -0.2) is 24.5 Å². The van der Waals surface area contributed by atoms with Gasteiger partial charge in [0.15, 0.2) is 0 Å². The number of halogens is 2. The van der Waals surface area contributed by atoms with E-state index in [0.29, 0.717) is 5.56 Å². The van der Waals surface area contributed by atoms with Gasteiger partial charge in [-0.15, -0.1) is 0 Å². The van der Waals surface area contributed by atoms with Gasteiger partial charge in [-0.25, -0.2) is 8.78 Å². The standard InChI is InChI=1S/C15H23F2N3/c1-20(2)15(8-4-3-5-9-15)14(19-18)12-10-11(16)6-7-13(12)17/h6-7,10,14,19H,3-5,8-9,18H2,1-2H3. The van der Waals surface area contributed by atoms with Crippen LogP contribution >= 0.6 is 0 Å². The molecule has 1 saturated carbocycles. The maximum absolute atomic E-state index is 14.1. The Labute approximate surface area is 119 Å². The molecule has 3 nitrogen and oxygen atoms in total. The molecular formula is C15H23F2N3. The summed E-state index contributed by atoms with van der Waals surface area (Å²) in [6.45, 7) is 0. The molecule has 1 aromatic rings. The van der Waals surface area contributed by atoms with Crippen molar-refractivity contribution in [3.63, 3.8) is 0 Å². The summed E-state index contributed by atoms with van der Waals surface area (Å²) in [7, 11) is 3.96. The molecule has 1 unspecified atom stereocenters. The van der Waals surface area contributed by atoms with Crippen LogP contribution in [0.5, 0.6) is 0 Å². The number of hydrazine groups is 1. The summed E-state index contributed by atoms with van der Waals surface area (Å²) in [4.78, 5) is 2.10. The van der Waals surface area contributed by atoms with Crippen molar-refractivity contribution in [3.8, 4) is 0 Å². The molecule has 3 N–H and O–H groups in total. The summed E-state index contributed by atoms with van der Waals surface area (Å²) in [6, 6.07) is 3.13. The Balaban J connectivity index is 2.45. The number of rotatable bonds is 4. The third-order valence-electron chi connectivity index (χ3n) is 4.58. The number of nitrogens with zero attached hydrogens (tertiary/aromatic N) is 1. The lowest BCUT2D eigenvalue weighted by atomic mass is 9.73. The largest absolute Gasteiger partial charge is 0.302 e. The van der Waals surface area contributed by atoms with Crippen LogP contribution in [0.15, 0.2) is 18.2 Å². The molecule has 20 heavy (non-hydrogen) atoms. The van der Waals surface area contributed by atoms with E-state index in [1.165, 1.54) is 18.6 Å². The van der Waals surface area contributed by atoms with Crippen molar-refractivity contribution < 1.29 is 8.78 Å². The Morgan fingerprint density at radius 2 is 1.85 bits per heavy atom. The van der Waals surface area contributed by atoms with Gasteiger partial charge in [-0.05, 0) is 45.1 Å². The molecular weight excluding hydrogens is 260 g/mol. The molecule has 112 valence electrons. The summed E-state index contributed by atoms with van der Waals surface area (Å²) in [5.74, 6) is 4.86. The molecule has 0 heterocycles. The Hall–Kier alpha value is -1.04. The Bertz CT molecular complexity index is 456. The lowest BCUT2D eigenvalue weighted by Crippen LogP contribution is -2.56. The number of benzene rings is 1. The van der Waals surface area contributed by atoms with Crippen LogP contribution in [0, 0.1) is 11.6 Å². The number of nitrogens with one attached hydrogen (secondary N) is 1. The van der Waals surface area contributed by atoms with E-state index in [1.807, 2.05) is 14.1 Å². The second kappa shape index (κ2) is 6.16. The lowest BCUT2D eigenvalue weighted by Gasteiger charge is -2.48. The van der Waals surface area contributed by atoms with Gasteiger partial charge in [0.05, 0.1) is 6.04 Å². The third kappa shape index (κ3) is 2.71. The first-order valence-corrected chi connectivity index (χ1v) is 7.10. The quantitative estimate of drug-likeness (QED) is 0.659. The van der Waals surface area contributed by atoms with Crippen molar-refractivity contribution >= 4 is 0 Å². The van der Waals surface area contributed by atoms with Gasteiger partial charge in [0.2, 0.25) is 0 Å². The van der Waals surface area contributed by atoms with E-state index < -0.39 is 17.7 Å². The van der Waals surface area contributed by atoms with Gasteiger partial charge in [-0.3, -0.25) is 11.3 Å². The predicted molar refractivity (Wildman–Crippen MR) is 75.9 cm³/mol. The second-order valence-electron chi connectivity index (χ2n) is 5.82. The van der Waals surface area contributed by atoms with Crippen molar-refractivity contribution in [1.29, 1.82) is 0 Å². The molecule has 0 amide bonds. The molecule has 0 radical (unpaired) electrons. The van der Waals surface area contributed by atoms with Crippen LogP contribution in [0.25, 0.3) is 0 Å².